The van der Waals surface area contributed by atoms with Gasteiger partial charge in [-0.05, 0) is 5.56 Å². The molecule has 1 aromatic carbocycles. The number of carbonyl (C=O) groups excluding carboxylic acids is 2. The van der Waals surface area contributed by atoms with Crippen molar-refractivity contribution in [3.8, 4) is 0 Å². The topological polar surface area (TPSA) is 115 Å². The number of carbonyl (C=O) groups is 2. The van der Waals surface area contributed by atoms with Crippen LogP contribution in [0.15, 0.2) is 24.3 Å². The number of amides is 2. The Morgan fingerprint density at radius 1 is 1.38 bits per heavy atom. The molecule has 26 heavy (non-hydrogen) atoms. The number of non-ortho nitro benzene ring substituents is 1. The fourth-order valence-electron chi connectivity index (χ4n) is 2.62. The highest BCUT2D eigenvalue weighted by Crippen LogP contribution is 2.28. The summed E-state index contributed by atoms with van der Waals surface area (Å²) in [6.45, 7) is 0.974. The van der Waals surface area contributed by atoms with Crippen LogP contribution >= 0.6 is 11.3 Å². The zero-order chi connectivity index (χ0) is 18.7. The Kier molecular flexibility index (Phi) is 5.12. The number of fused-ring (bicyclic) bond motifs is 1. The van der Waals surface area contributed by atoms with Gasteiger partial charge in [0.1, 0.15) is 0 Å². The van der Waals surface area contributed by atoms with E-state index in [9.17, 15) is 19.7 Å². The van der Waals surface area contributed by atoms with Gasteiger partial charge in [-0.1, -0.05) is 23.5 Å². The molecule has 1 aromatic heterocycles. The van der Waals surface area contributed by atoms with Gasteiger partial charge in [-0.25, -0.2) is 9.78 Å². The third-order valence-corrected chi connectivity index (χ3v) is 4.98. The number of ether oxygens (including phenoxy) is 1. The number of rotatable bonds is 4. The van der Waals surface area contributed by atoms with E-state index < -0.39 is 11.0 Å². The second-order valence-electron chi connectivity index (χ2n) is 5.67. The molecule has 1 N–H and O–H groups in total. The monoisotopic (exact) mass is 376 g/mol. The Labute approximate surface area is 152 Å². The molecule has 0 unspecified atom stereocenters. The van der Waals surface area contributed by atoms with Gasteiger partial charge in [-0.15, -0.1) is 0 Å². The van der Waals surface area contributed by atoms with Gasteiger partial charge in [0.25, 0.3) is 5.69 Å². The van der Waals surface area contributed by atoms with Crippen LogP contribution in [-0.4, -0.2) is 40.5 Å². The molecule has 0 saturated heterocycles. The van der Waals surface area contributed by atoms with E-state index in [1.165, 1.54) is 30.6 Å². The van der Waals surface area contributed by atoms with E-state index in [2.05, 4.69) is 15.0 Å². The van der Waals surface area contributed by atoms with E-state index in [1.54, 1.807) is 17.0 Å². The maximum Gasteiger partial charge on any atom is 0.413 e. The molecule has 0 bridgehead atoms. The lowest BCUT2D eigenvalue weighted by Crippen LogP contribution is -2.36. The molecule has 10 heteroatoms. The molecule has 2 amide bonds. The molecule has 2 aromatic rings. The van der Waals surface area contributed by atoms with Gasteiger partial charge in [0.15, 0.2) is 5.13 Å². The molecule has 0 atom stereocenters. The zero-order valence-electron chi connectivity index (χ0n) is 13.9. The van der Waals surface area contributed by atoms with Crippen LogP contribution in [0.2, 0.25) is 0 Å². The summed E-state index contributed by atoms with van der Waals surface area (Å²) in [6.07, 6.45) is 0.210. The fourth-order valence-corrected chi connectivity index (χ4v) is 3.63. The second-order valence-corrected chi connectivity index (χ2v) is 6.75. The average molecular weight is 376 g/mol. The van der Waals surface area contributed by atoms with Crippen molar-refractivity contribution >= 4 is 34.2 Å². The van der Waals surface area contributed by atoms with Crippen molar-refractivity contribution in [3.05, 3.63) is 50.5 Å². The number of benzene rings is 1. The van der Waals surface area contributed by atoms with Gasteiger partial charge in [-0.3, -0.25) is 20.2 Å². The molecular formula is C16H16N4O5S. The number of methoxy groups -OCH3 is 1. The molecule has 1 aliphatic rings. The first kappa shape index (κ1) is 17.8. The largest absolute Gasteiger partial charge is 0.453 e. The van der Waals surface area contributed by atoms with Crippen molar-refractivity contribution in [2.45, 2.75) is 19.4 Å². The summed E-state index contributed by atoms with van der Waals surface area (Å²) in [5.74, 6) is -0.0552. The zero-order valence-corrected chi connectivity index (χ0v) is 14.7. The first-order valence-corrected chi connectivity index (χ1v) is 8.62. The third-order valence-electron chi connectivity index (χ3n) is 3.98. The van der Waals surface area contributed by atoms with Crippen molar-refractivity contribution in [1.29, 1.82) is 0 Å². The minimum absolute atomic E-state index is 0.000825. The normalized spacial score (nSPS) is 13.0. The van der Waals surface area contributed by atoms with Gasteiger partial charge >= 0.3 is 6.09 Å². The molecule has 0 spiro atoms. The predicted molar refractivity (Wildman–Crippen MR) is 94.1 cm³/mol. The average Bonchev–Trinajstić information content (AvgIpc) is 3.03. The molecule has 0 radical (unpaired) electrons. The number of nitro benzene ring substituents is 1. The molecule has 0 fully saturated rings. The maximum absolute atomic E-state index is 12.5. The Morgan fingerprint density at radius 3 is 2.77 bits per heavy atom. The maximum atomic E-state index is 12.5. The van der Waals surface area contributed by atoms with Gasteiger partial charge in [0, 0.05) is 30.0 Å². The molecule has 0 saturated carbocycles. The molecule has 0 aliphatic carbocycles. The van der Waals surface area contributed by atoms with Crippen LogP contribution in [0.4, 0.5) is 15.6 Å². The van der Waals surface area contributed by atoms with Crippen molar-refractivity contribution in [1.82, 2.24) is 9.88 Å². The molecular weight excluding hydrogens is 360 g/mol. The lowest BCUT2D eigenvalue weighted by Gasteiger charge is -2.26. The lowest BCUT2D eigenvalue weighted by atomic mass is 10.1. The van der Waals surface area contributed by atoms with Gasteiger partial charge in [0.2, 0.25) is 5.91 Å². The standard InChI is InChI=1S/C16H16N4O5S/c1-25-16(22)18-15-17-12-6-7-19(9-13(12)26-15)14(21)8-10-2-4-11(5-3-10)20(23)24/h2-5H,6-9H2,1H3,(H,17,18,22). The summed E-state index contributed by atoms with van der Waals surface area (Å²) >= 11 is 1.32. The first-order chi connectivity index (χ1) is 12.5. The van der Waals surface area contributed by atoms with E-state index in [-0.39, 0.29) is 18.0 Å². The van der Waals surface area contributed by atoms with Crippen molar-refractivity contribution < 1.29 is 19.2 Å². The van der Waals surface area contributed by atoms with Gasteiger partial charge in [0.05, 0.1) is 30.7 Å². The van der Waals surface area contributed by atoms with Gasteiger partial charge < -0.3 is 9.64 Å². The number of nitrogens with zero attached hydrogens (tertiary/aromatic N) is 3. The highest BCUT2D eigenvalue weighted by molar-refractivity contribution is 7.15. The number of nitrogens with one attached hydrogen (secondary N) is 1. The summed E-state index contributed by atoms with van der Waals surface area (Å²) < 4.78 is 4.55. The highest BCUT2D eigenvalue weighted by Gasteiger charge is 2.24. The number of anilines is 1. The van der Waals surface area contributed by atoms with E-state index >= 15 is 0 Å². The number of hydrogen-bond acceptors (Lipinski definition) is 7. The van der Waals surface area contributed by atoms with Crippen LogP contribution in [0.5, 0.6) is 0 Å². The second kappa shape index (κ2) is 7.48. The van der Waals surface area contributed by atoms with E-state index in [0.29, 0.717) is 24.6 Å². The van der Waals surface area contributed by atoms with E-state index in [0.717, 1.165) is 16.1 Å². The van der Waals surface area contributed by atoms with Crippen LogP contribution in [0.25, 0.3) is 0 Å². The molecule has 1 aliphatic heterocycles. The van der Waals surface area contributed by atoms with Crippen LogP contribution in [0, 0.1) is 10.1 Å². The number of nitro groups is 1. The molecule has 3 rings (SSSR count). The summed E-state index contributed by atoms with van der Waals surface area (Å²) in [4.78, 5) is 41.0. The summed E-state index contributed by atoms with van der Waals surface area (Å²) in [6, 6.07) is 5.97. The lowest BCUT2D eigenvalue weighted by molar-refractivity contribution is -0.384. The first-order valence-electron chi connectivity index (χ1n) is 7.81. The Bertz CT molecular complexity index is 849. The number of thiazole rings is 1. The minimum Gasteiger partial charge on any atom is -0.453 e. The molecule has 2 heterocycles. The predicted octanol–water partition coefficient (Wildman–Crippen LogP) is 2.36. The van der Waals surface area contributed by atoms with Crippen LogP contribution in [0.1, 0.15) is 16.1 Å². The smallest absolute Gasteiger partial charge is 0.413 e. The van der Waals surface area contributed by atoms with Crippen LogP contribution < -0.4 is 5.32 Å². The SMILES string of the molecule is COC(=O)Nc1nc2c(s1)CN(C(=O)Cc1ccc([N+](=O)[O-])cc1)CC2. The summed E-state index contributed by atoms with van der Waals surface area (Å²) in [5.41, 5.74) is 1.60. The summed E-state index contributed by atoms with van der Waals surface area (Å²) in [5, 5.41) is 13.7. The fraction of sp³-hybridized carbons (Fsp3) is 0.312. The minimum atomic E-state index is -0.581. The van der Waals surface area contributed by atoms with Crippen molar-refractivity contribution in [2.24, 2.45) is 0 Å². The van der Waals surface area contributed by atoms with E-state index in [1.807, 2.05) is 0 Å². The highest BCUT2D eigenvalue weighted by atomic mass is 32.1. The summed E-state index contributed by atoms with van der Waals surface area (Å²) in [7, 11) is 1.28. The quantitative estimate of drug-likeness (QED) is 0.647. The Balaban J connectivity index is 1.63. The Hall–Kier alpha value is -3.01. The Morgan fingerprint density at radius 2 is 2.12 bits per heavy atom. The van der Waals surface area contributed by atoms with Crippen molar-refractivity contribution in [2.75, 3.05) is 19.0 Å². The molecule has 9 nitrogen and oxygen atoms in total. The van der Waals surface area contributed by atoms with Crippen molar-refractivity contribution in [3.63, 3.8) is 0 Å². The number of aromatic nitrogens is 1. The van der Waals surface area contributed by atoms with Gasteiger partial charge in [-0.2, -0.15) is 0 Å². The van der Waals surface area contributed by atoms with Crippen LogP contribution in [-0.2, 0) is 28.9 Å². The van der Waals surface area contributed by atoms with E-state index in [4.69, 9.17) is 0 Å². The van der Waals surface area contributed by atoms with Crippen LogP contribution in [0.3, 0.4) is 0 Å². The molecule has 136 valence electrons. The number of hydrogen-bond donors (Lipinski definition) is 1. The third kappa shape index (κ3) is 3.97.